The fourth-order valence-electron chi connectivity index (χ4n) is 4.30. The van der Waals surface area contributed by atoms with E-state index in [1.54, 1.807) is 11.8 Å². The molecule has 1 saturated carbocycles. The summed E-state index contributed by atoms with van der Waals surface area (Å²) in [5, 5.41) is 6.12. The second-order valence-corrected chi connectivity index (χ2v) is 9.79. The molecule has 0 bridgehead atoms. The molecule has 5 nitrogen and oxygen atoms in total. The molecule has 1 aliphatic carbocycles. The molecule has 1 spiro atoms. The zero-order valence-corrected chi connectivity index (χ0v) is 20.5. The van der Waals surface area contributed by atoms with Crippen molar-refractivity contribution in [2.75, 3.05) is 37.8 Å². The van der Waals surface area contributed by atoms with Gasteiger partial charge in [-0.25, -0.2) is 4.99 Å². The van der Waals surface area contributed by atoms with Gasteiger partial charge in [0.25, 0.3) is 5.91 Å². The molecule has 32 heavy (non-hydrogen) atoms. The van der Waals surface area contributed by atoms with Gasteiger partial charge in [0.15, 0.2) is 0 Å². The van der Waals surface area contributed by atoms with Crippen molar-refractivity contribution in [3.63, 3.8) is 0 Å². The monoisotopic (exact) mass is 454 g/mol. The molecule has 1 heterocycles. The summed E-state index contributed by atoms with van der Waals surface area (Å²) in [6.45, 7) is 6.75. The number of carbonyl (C=O) groups excluding carboxylic acids is 1. The first-order valence-electron chi connectivity index (χ1n) is 11.8. The second kappa shape index (κ2) is 12.3. The molecular formula is C26H38N4OS. The molecule has 6 heteroatoms. The maximum atomic E-state index is 13.1. The topological polar surface area (TPSA) is 56.7 Å². The molecule has 1 saturated heterocycles. The number of amides is 1. The summed E-state index contributed by atoms with van der Waals surface area (Å²) >= 11 is 1.71. The van der Waals surface area contributed by atoms with E-state index in [4.69, 9.17) is 0 Å². The number of benzene rings is 1. The van der Waals surface area contributed by atoms with E-state index in [-0.39, 0.29) is 5.91 Å². The predicted molar refractivity (Wildman–Crippen MR) is 138 cm³/mol. The number of nitrogens with zero attached hydrogens (tertiary/aromatic N) is 2. The average molecular weight is 455 g/mol. The van der Waals surface area contributed by atoms with Crippen LogP contribution >= 0.6 is 11.8 Å². The number of piperidine rings is 1. The molecule has 0 atom stereocenters. The van der Waals surface area contributed by atoms with Crippen LogP contribution in [0.2, 0.25) is 0 Å². The van der Waals surface area contributed by atoms with E-state index < -0.39 is 0 Å². The Morgan fingerprint density at radius 1 is 1.22 bits per heavy atom. The van der Waals surface area contributed by atoms with Gasteiger partial charge in [0.05, 0.1) is 11.3 Å². The summed E-state index contributed by atoms with van der Waals surface area (Å²) in [6, 6.07) is 6.12. The first-order valence-corrected chi connectivity index (χ1v) is 13.1. The Bertz CT molecular complexity index is 834. The lowest BCUT2D eigenvalue weighted by Crippen LogP contribution is -2.36. The standard InChI is InChI=1S/C26H38N4OS/c1-27-17-9-7-5-4-6-8-10-24(28-2)29-25(31)22-12-11-21(32-3)20-23(22)30-18-15-26(13-14-26)16-19-30/h6,8,10-12,20,27H,2,4-5,7,9,13-19H2,1,3H3,(H,29,31)/b8-6-,24-10+. The van der Waals surface area contributed by atoms with Gasteiger partial charge in [-0.3, -0.25) is 4.79 Å². The molecule has 2 fully saturated rings. The number of carbonyl (C=O) groups is 1. The molecule has 174 valence electrons. The van der Waals surface area contributed by atoms with Crippen LogP contribution in [0.5, 0.6) is 0 Å². The number of nitrogens with one attached hydrogen (secondary N) is 2. The van der Waals surface area contributed by atoms with Crippen LogP contribution in [0, 0.1) is 5.41 Å². The van der Waals surface area contributed by atoms with Gasteiger partial charge in [-0.05, 0) is 101 Å². The summed E-state index contributed by atoms with van der Waals surface area (Å²) in [5.74, 6) is 0.357. The molecule has 1 aliphatic heterocycles. The van der Waals surface area contributed by atoms with Crippen molar-refractivity contribution >= 4 is 30.1 Å². The van der Waals surface area contributed by atoms with E-state index in [2.05, 4.69) is 45.6 Å². The number of allylic oxidation sites excluding steroid dienone is 3. The van der Waals surface area contributed by atoms with Crippen molar-refractivity contribution in [3.05, 3.63) is 47.8 Å². The number of aliphatic imine (C=N–C) groups is 1. The molecule has 0 unspecified atom stereocenters. The van der Waals surface area contributed by atoms with Gasteiger partial charge >= 0.3 is 0 Å². The Balaban J connectivity index is 1.62. The Morgan fingerprint density at radius 3 is 2.66 bits per heavy atom. The largest absolute Gasteiger partial charge is 0.371 e. The van der Waals surface area contributed by atoms with Crippen molar-refractivity contribution < 1.29 is 4.79 Å². The normalized spacial score (nSPS) is 17.7. The molecule has 2 aliphatic rings. The molecule has 1 amide bonds. The SMILES string of the molecule is C=N/C(=C\C=C/CCCCCNC)NC(=O)c1ccc(SC)cc1N1CCC2(CC1)CC2. The molecule has 3 rings (SSSR count). The van der Waals surface area contributed by atoms with Gasteiger partial charge in [0.1, 0.15) is 5.82 Å². The second-order valence-electron chi connectivity index (χ2n) is 8.92. The van der Waals surface area contributed by atoms with Crippen molar-refractivity contribution in [1.82, 2.24) is 10.6 Å². The Morgan fingerprint density at radius 2 is 2.00 bits per heavy atom. The van der Waals surface area contributed by atoms with E-state index >= 15 is 0 Å². The maximum Gasteiger partial charge on any atom is 0.258 e. The summed E-state index contributed by atoms with van der Waals surface area (Å²) < 4.78 is 0. The third-order valence-corrected chi connectivity index (χ3v) is 7.40. The van der Waals surface area contributed by atoms with E-state index in [1.807, 2.05) is 31.3 Å². The molecule has 0 aromatic heterocycles. The van der Waals surface area contributed by atoms with Gasteiger partial charge in [-0.1, -0.05) is 18.6 Å². The lowest BCUT2D eigenvalue weighted by atomic mass is 9.93. The third kappa shape index (κ3) is 6.97. The van der Waals surface area contributed by atoms with Crippen molar-refractivity contribution in [2.24, 2.45) is 10.4 Å². The van der Waals surface area contributed by atoms with Crippen molar-refractivity contribution in [1.29, 1.82) is 0 Å². The maximum absolute atomic E-state index is 13.1. The molecular weight excluding hydrogens is 416 g/mol. The fourth-order valence-corrected chi connectivity index (χ4v) is 4.74. The van der Waals surface area contributed by atoms with Crippen LogP contribution in [-0.2, 0) is 0 Å². The van der Waals surface area contributed by atoms with E-state index in [1.165, 1.54) is 43.4 Å². The Hall–Kier alpha value is -2.05. The number of unbranched alkanes of at least 4 members (excludes halogenated alkanes) is 3. The van der Waals surface area contributed by atoms with Gasteiger partial charge in [0, 0.05) is 18.0 Å². The molecule has 0 radical (unpaired) electrons. The highest BCUT2D eigenvalue weighted by molar-refractivity contribution is 7.98. The Labute approximate surface area is 197 Å². The fraction of sp³-hybridized carbons (Fsp3) is 0.538. The van der Waals surface area contributed by atoms with Crippen LogP contribution in [-0.4, -0.2) is 45.6 Å². The number of rotatable bonds is 12. The quantitative estimate of drug-likeness (QED) is 0.192. The zero-order chi connectivity index (χ0) is 22.8. The highest BCUT2D eigenvalue weighted by Crippen LogP contribution is 2.54. The highest BCUT2D eigenvalue weighted by Gasteiger charge is 2.44. The van der Waals surface area contributed by atoms with E-state index in [0.717, 1.165) is 38.2 Å². The van der Waals surface area contributed by atoms with Crippen molar-refractivity contribution in [2.45, 2.75) is 56.3 Å². The summed E-state index contributed by atoms with van der Waals surface area (Å²) in [5.41, 5.74) is 2.35. The number of hydrogen-bond donors (Lipinski definition) is 2. The van der Waals surface area contributed by atoms with Crippen LogP contribution in [0.4, 0.5) is 5.69 Å². The minimum Gasteiger partial charge on any atom is -0.371 e. The molecule has 1 aromatic carbocycles. The van der Waals surface area contributed by atoms with Gasteiger partial charge < -0.3 is 15.5 Å². The van der Waals surface area contributed by atoms with Crippen LogP contribution in [0.25, 0.3) is 0 Å². The summed E-state index contributed by atoms with van der Waals surface area (Å²) in [7, 11) is 1.98. The number of hydrogen-bond acceptors (Lipinski definition) is 5. The first kappa shape index (κ1) is 24.6. The van der Waals surface area contributed by atoms with Crippen LogP contribution in [0.3, 0.4) is 0 Å². The van der Waals surface area contributed by atoms with Crippen LogP contribution in [0.15, 0.2) is 52.1 Å². The van der Waals surface area contributed by atoms with Crippen molar-refractivity contribution in [3.8, 4) is 0 Å². The highest BCUT2D eigenvalue weighted by atomic mass is 32.2. The molecule has 2 N–H and O–H groups in total. The summed E-state index contributed by atoms with van der Waals surface area (Å²) in [6.07, 6.45) is 17.8. The minimum absolute atomic E-state index is 0.126. The predicted octanol–water partition coefficient (Wildman–Crippen LogP) is 5.40. The number of anilines is 1. The first-order chi connectivity index (χ1) is 15.6. The lowest BCUT2D eigenvalue weighted by Gasteiger charge is -2.35. The van der Waals surface area contributed by atoms with Gasteiger partial charge in [0.2, 0.25) is 0 Å². The lowest BCUT2D eigenvalue weighted by molar-refractivity contribution is 0.0966. The van der Waals surface area contributed by atoms with Crippen LogP contribution < -0.4 is 15.5 Å². The Kier molecular flexibility index (Phi) is 9.42. The van der Waals surface area contributed by atoms with E-state index in [9.17, 15) is 4.79 Å². The van der Waals surface area contributed by atoms with Gasteiger partial charge in [-0.15, -0.1) is 11.8 Å². The third-order valence-electron chi connectivity index (χ3n) is 6.67. The van der Waals surface area contributed by atoms with E-state index in [0.29, 0.717) is 16.8 Å². The average Bonchev–Trinajstić information content (AvgIpc) is 3.58. The molecule has 1 aromatic rings. The van der Waals surface area contributed by atoms with Gasteiger partial charge in [-0.2, -0.15) is 0 Å². The minimum atomic E-state index is -0.126. The van der Waals surface area contributed by atoms with Crippen LogP contribution in [0.1, 0.15) is 61.7 Å². The summed E-state index contributed by atoms with van der Waals surface area (Å²) in [4.78, 5) is 20.7. The smallest absolute Gasteiger partial charge is 0.258 e. The zero-order valence-electron chi connectivity index (χ0n) is 19.7. The number of thioether (sulfide) groups is 1.